The van der Waals surface area contributed by atoms with Gasteiger partial charge >= 0.3 is 0 Å². The summed E-state index contributed by atoms with van der Waals surface area (Å²) >= 11 is 6.04. The molecule has 0 aliphatic carbocycles. The van der Waals surface area contributed by atoms with Gasteiger partial charge in [0.1, 0.15) is 5.75 Å². The number of nitrogens with two attached hydrogens (primary N) is 1. The number of likely N-dealkylation sites (tertiary alicyclic amines) is 1. The van der Waals surface area contributed by atoms with Gasteiger partial charge in [-0.1, -0.05) is 11.6 Å². The molecule has 1 aliphatic heterocycles. The summed E-state index contributed by atoms with van der Waals surface area (Å²) < 4.78 is 7.70. The minimum atomic E-state index is -0.833. The summed E-state index contributed by atoms with van der Waals surface area (Å²) in [5.41, 5.74) is 8.14. The lowest BCUT2D eigenvalue weighted by Crippen LogP contribution is -2.51. The van der Waals surface area contributed by atoms with Crippen LogP contribution in [-0.4, -0.2) is 57.9 Å². The second kappa shape index (κ2) is 10.3. The van der Waals surface area contributed by atoms with Crippen molar-refractivity contribution in [1.29, 1.82) is 0 Å². The minimum absolute atomic E-state index is 0.0443. The number of halogens is 1. The normalized spacial score (nSPS) is 13.3. The standard InChI is InChI=1S/C18H23ClN4O2.C2H4O2/c1-12-8-13(2)23(21-12)15-10-22(11-15)18(24)16-5-4-14(19)9-17(16)25-7-3-6-20;1-2(3)4/h4-5,8-9,15H,3,6-7,10-11,20H2,1-2H3;1H3,(H,3,4). The predicted octanol–water partition coefficient (Wildman–Crippen LogP) is 2.67. The summed E-state index contributed by atoms with van der Waals surface area (Å²) in [6, 6.07) is 7.39. The molecule has 0 bridgehead atoms. The zero-order valence-electron chi connectivity index (χ0n) is 16.9. The molecule has 9 heteroatoms. The van der Waals surface area contributed by atoms with Crippen molar-refractivity contribution in [3.8, 4) is 5.75 Å². The Balaban J connectivity index is 0.000000687. The molecule has 1 aliphatic rings. The topological polar surface area (TPSA) is 111 Å². The van der Waals surface area contributed by atoms with E-state index in [1.165, 1.54) is 0 Å². The van der Waals surface area contributed by atoms with Crippen molar-refractivity contribution >= 4 is 23.5 Å². The molecular formula is C20H27ClN4O4. The summed E-state index contributed by atoms with van der Waals surface area (Å²) in [7, 11) is 0. The van der Waals surface area contributed by atoms with Crippen molar-refractivity contribution in [3.05, 3.63) is 46.2 Å². The molecule has 1 aromatic carbocycles. The number of rotatable bonds is 6. The molecule has 1 aromatic heterocycles. The number of aliphatic carboxylic acids is 1. The summed E-state index contributed by atoms with van der Waals surface area (Å²) in [5.74, 6) is -0.363. The van der Waals surface area contributed by atoms with Crippen LogP contribution in [0.3, 0.4) is 0 Å². The maximum atomic E-state index is 12.8. The first kappa shape index (κ1) is 22.7. The molecule has 0 saturated carbocycles. The second-order valence-electron chi connectivity index (χ2n) is 6.89. The average molecular weight is 423 g/mol. The maximum Gasteiger partial charge on any atom is 0.300 e. The van der Waals surface area contributed by atoms with E-state index in [2.05, 4.69) is 5.10 Å². The van der Waals surface area contributed by atoms with Crippen LogP contribution in [0.2, 0.25) is 5.02 Å². The van der Waals surface area contributed by atoms with Crippen molar-refractivity contribution in [2.24, 2.45) is 5.73 Å². The fourth-order valence-electron chi connectivity index (χ4n) is 3.02. The van der Waals surface area contributed by atoms with Crippen LogP contribution in [-0.2, 0) is 4.79 Å². The molecule has 3 N–H and O–H groups in total. The third kappa shape index (κ3) is 6.20. The van der Waals surface area contributed by atoms with Crippen molar-refractivity contribution in [3.63, 3.8) is 0 Å². The van der Waals surface area contributed by atoms with Crippen molar-refractivity contribution in [2.75, 3.05) is 26.2 Å². The van der Waals surface area contributed by atoms with E-state index in [4.69, 9.17) is 32.0 Å². The highest BCUT2D eigenvalue weighted by molar-refractivity contribution is 6.30. The van der Waals surface area contributed by atoms with Gasteiger partial charge in [-0.15, -0.1) is 0 Å². The highest BCUT2D eigenvalue weighted by Gasteiger charge is 2.34. The Morgan fingerprint density at radius 2 is 1.97 bits per heavy atom. The van der Waals surface area contributed by atoms with E-state index >= 15 is 0 Å². The zero-order valence-corrected chi connectivity index (χ0v) is 17.6. The Hall–Kier alpha value is -2.58. The van der Waals surface area contributed by atoms with E-state index in [9.17, 15) is 4.79 Å². The van der Waals surface area contributed by atoms with Gasteiger partial charge < -0.3 is 20.5 Å². The highest BCUT2D eigenvalue weighted by atomic mass is 35.5. The Morgan fingerprint density at radius 1 is 1.31 bits per heavy atom. The van der Waals surface area contributed by atoms with Crippen LogP contribution in [0.15, 0.2) is 24.3 Å². The Bertz CT molecular complexity index is 858. The molecule has 2 aromatic rings. The van der Waals surface area contributed by atoms with Crippen LogP contribution in [0.25, 0.3) is 0 Å². The number of carbonyl (C=O) groups excluding carboxylic acids is 1. The van der Waals surface area contributed by atoms with Gasteiger partial charge in [-0.3, -0.25) is 14.3 Å². The highest BCUT2D eigenvalue weighted by Crippen LogP contribution is 2.29. The summed E-state index contributed by atoms with van der Waals surface area (Å²) in [6.07, 6.45) is 0.726. The molecule has 3 rings (SSSR count). The molecule has 1 amide bonds. The monoisotopic (exact) mass is 422 g/mol. The number of carboxylic acids is 1. The lowest BCUT2D eigenvalue weighted by atomic mass is 10.1. The van der Waals surface area contributed by atoms with Crippen LogP contribution >= 0.6 is 11.6 Å². The Labute approximate surface area is 175 Å². The average Bonchev–Trinajstić information content (AvgIpc) is 2.91. The number of nitrogens with zero attached hydrogens (tertiary/aromatic N) is 3. The quantitative estimate of drug-likeness (QED) is 0.692. The van der Waals surface area contributed by atoms with Crippen LogP contribution in [0.5, 0.6) is 5.75 Å². The fourth-order valence-corrected chi connectivity index (χ4v) is 3.18. The summed E-state index contributed by atoms with van der Waals surface area (Å²) in [6.45, 7) is 7.39. The van der Waals surface area contributed by atoms with E-state index in [-0.39, 0.29) is 11.9 Å². The van der Waals surface area contributed by atoms with Crippen LogP contribution in [0, 0.1) is 13.8 Å². The van der Waals surface area contributed by atoms with E-state index < -0.39 is 5.97 Å². The third-order valence-electron chi connectivity index (χ3n) is 4.32. The van der Waals surface area contributed by atoms with Gasteiger partial charge in [0.15, 0.2) is 0 Å². The number of amides is 1. The lowest BCUT2D eigenvalue weighted by Gasteiger charge is -2.40. The molecule has 0 atom stereocenters. The molecule has 0 unspecified atom stereocenters. The molecule has 2 heterocycles. The molecule has 0 radical (unpaired) electrons. The largest absolute Gasteiger partial charge is 0.493 e. The number of hydrogen-bond acceptors (Lipinski definition) is 5. The van der Waals surface area contributed by atoms with Crippen LogP contribution in [0.1, 0.15) is 41.1 Å². The number of carboxylic acid groups (broad SMARTS) is 1. The van der Waals surface area contributed by atoms with Crippen LogP contribution < -0.4 is 10.5 Å². The Morgan fingerprint density at radius 3 is 2.52 bits per heavy atom. The van der Waals surface area contributed by atoms with Gasteiger partial charge in [-0.25, -0.2) is 0 Å². The number of benzene rings is 1. The van der Waals surface area contributed by atoms with E-state index in [1.807, 2.05) is 24.6 Å². The molecule has 1 fully saturated rings. The van der Waals surface area contributed by atoms with Gasteiger partial charge in [0.25, 0.3) is 11.9 Å². The maximum absolute atomic E-state index is 12.8. The SMILES string of the molecule is CC(=O)O.Cc1cc(C)n(C2CN(C(=O)c3ccc(Cl)cc3OCCCN)C2)n1. The minimum Gasteiger partial charge on any atom is -0.493 e. The van der Waals surface area contributed by atoms with E-state index in [0.717, 1.165) is 24.7 Å². The van der Waals surface area contributed by atoms with E-state index in [0.29, 0.717) is 42.6 Å². The first-order chi connectivity index (χ1) is 13.7. The predicted molar refractivity (Wildman–Crippen MR) is 111 cm³/mol. The first-order valence-corrected chi connectivity index (χ1v) is 9.74. The van der Waals surface area contributed by atoms with Crippen molar-refractivity contribution in [1.82, 2.24) is 14.7 Å². The third-order valence-corrected chi connectivity index (χ3v) is 4.56. The molecule has 158 valence electrons. The van der Waals surface area contributed by atoms with Gasteiger partial charge in [0.2, 0.25) is 0 Å². The molecule has 29 heavy (non-hydrogen) atoms. The number of ether oxygens (including phenoxy) is 1. The molecule has 1 saturated heterocycles. The first-order valence-electron chi connectivity index (χ1n) is 9.37. The van der Waals surface area contributed by atoms with Gasteiger partial charge in [0, 0.05) is 30.7 Å². The number of aryl methyl sites for hydroxylation is 2. The molecular weight excluding hydrogens is 396 g/mol. The number of carbonyl (C=O) groups is 2. The smallest absolute Gasteiger partial charge is 0.300 e. The number of hydrogen-bond donors (Lipinski definition) is 2. The second-order valence-corrected chi connectivity index (χ2v) is 7.32. The van der Waals surface area contributed by atoms with Gasteiger partial charge in [0.05, 0.1) is 23.9 Å². The fraction of sp³-hybridized carbons (Fsp3) is 0.450. The Kier molecular flexibility index (Phi) is 8.04. The lowest BCUT2D eigenvalue weighted by molar-refractivity contribution is -0.134. The van der Waals surface area contributed by atoms with Crippen LogP contribution in [0.4, 0.5) is 0 Å². The zero-order chi connectivity index (χ0) is 21.6. The van der Waals surface area contributed by atoms with Gasteiger partial charge in [-0.05, 0) is 51.1 Å². The summed E-state index contributed by atoms with van der Waals surface area (Å²) in [5, 5.41) is 12.5. The van der Waals surface area contributed by atoms with Gasteiger partial charge in [-0.2, -0.15) is 5.10 Å². The summed E-state index contributed by atoms with van der Waals surface area (Å²) in [4.78, 5) is 23.6. The van der Waals surface area contributed by atoms with E-state index in [1.54, 1.807) is 23.1 Å². The molecule has 0 spiro atoms. The molecule has 8 nitrogen and oxygen atoms in total. The van der Waals surface area contributed by atoms with Crippen molar-refractivity contribution in [2.45, 2.75) is 33.2 Å². The van der Waals surface area contributed by atoms with Crippen molar-refractivity contribution < 1.29 is 19.4 Å². The number of aromatic nitrogens is 2.